The van der Waals surface area contributed by atoms with E-state index >= 15 is 0 Å². The van der Waals surface area contributed by atoms with Gasteiger partial charge < -0.3 is 20.7 Å². The van der Waals surface area contributed by atoms with Crippen LogP contribution in [-0.2, 0) is 16.4 Å². The van der Waals surface area contributed by atoms with E-state index in [1.807, 2.05) is 30.5 Å². The van der Waals surface area contributed by atoms with Gasteiger partial charge >= 0.3 is 0 Å². The summed E-state index contributed by atoms with van der Waals surface area (Å²) < 4.78 is 42.8. The van der Waals surface area contributed by atoms with Gasteiger partial charge in [-0.25, -0.2) is 17.3 Å². The molecule has 3 aromatic carbocycles. The van der Waals surface area contributed by atoms with E-state index in [0.29, 0.717) is 35.0 Å². The van der Waals surface area contributed by atoms with Crippen LogP contribution in [0.15, 0.2) is 91.1 Å². The summed E-state index contributed by atoms with van der Waals surface area (Å²) in [6.45, 7) is 0.417. The Morgan fingerprint density at radius 2 is 1.48 bits per heavy atom. The van der Waals surface area contributed by atoms with Crippen LogP contribution in [0.4, 0.5) is 10.3 Å². The van der Waals surface area contributed by atoms with Crippen LogP contribution < -0.4 is 20.7 Å². The van der Waals surface area contributed by atoms with Gasteiger partial charge in [0.1, 0.15) is 21.4 Å². The molecule has 11 nitrogen and oxygen atoms in total. The van der Waals surface area contributed by atoms with Gasteiger partial charge in [0.25, 0.3) is 11.8 Å². The molecule has 0 aliphatic rings. The highest BCUT2D eigenvalue weighted by Crippen LogP contribution is 2.21. The predicted octanol–water partition coefficient (Wildman–Crippen LogP) is 3.69. The molecule has 0 radical (unpaired) electrons. The zero-order valence-electron chi connectivity index (χ0n) is 23.7. The van der Waals surface area contributed by atoms with Crippen LogP contribution in [0.5, 0.6) is 5.75 Å². The van der Waals surface area contributed by atoms with E-state index < -0.39 is 9.84 Å². The Kier molecular flexibility index (Phi) is 9.15. The van der Waals surface area contributed by atoms with Crippen molar-refractivity contribution in [3.63, 3.8) is 0 Å². The van der Waals surface area contributed by atoms with E-state index in [1.54, 1.807) is 53.0 Å². The minimum Gasteiger partial charge on any atom is -0.473 e. The Hall–Kier alpha value is -5.30. The maximum absolute atomic E-state index is 13.1. The number of pyridine rings is 1. The molecule has 2 aromatic heterocycles. The number of aromatic nitrogens is 3. The van der Waals surface area contributed by atoms with Crippen molar-refractivity contribution in [1.29, 1.82) is 0 Å². The highest BCUT2D eigenvalue weighted by molar-refractivity contribution is 7.90. The number of carbonyl (C=O) groups is 2. The maximum atomic E-state index is 13.1. The van der Waals surface area contributed by atoms with E-state index in [0.717, 1.165) is 22.9 Å². The molecule has 13 heteroatoms. The van der Waals surface area contributed by atoms with Crippen LogP contribution in [0.3, 0.4) is 0 Å². The average Bonchev–Trinajstić information content (AvgIpc) is 3.42. The summed E-state index contributed by atoms with van der Waals surface area (Å²) in [5.41, 5.74) is 4.09. The minimum absolute atomic E-state index is 0.0411. The van der Waals surface area contributed by atoms with Gasteiger partial charge in [-0.05, 0) is 71.8 Å². The van der Waals surface area contributed by atoms with Crippen molar-refractivity contribution in [2.24, 2.45) is 0 Å². The number of nitrogens with one attached hydrogen (secondary N) is 3. The summed E-state index contributed by atoms with van der Waals surface area (Å²) in [5.74, 6) is -0.169. The summed E-state index contributed by atoms with van der Waals surface area (Å²) >= 11 is 0. The Bertz CT molecular complexity index is 1880. The zero-order valence-corrected chi connectivity index (χ0v) is 24.5. The number of ether oxygens (including phenoxy) is 1. The number of halogens is 1. The molecule has 5 aromatic rings. The third-order valence-corrected chi connectivity index (χ3v) is 7.47. The van der Waals surface area contributed by atoms with E-state index in [-0.39, 0.29) is 36.7 Å². The summed E-state index contributed by atoms with van der Waals surface area (Å²) in [4.78, 5) is 29.1. The number of carbonyl (C=O) groups excluding carboxylic acids is 2. The first-order chi connectivity index (χ1) is 21.1. The van der Waals surface area contributed by atoms with E-state index in [9.17, 15) is 22.4 Å². The molecule has 44 heavy (non-hydrogen) atoms. The standard InChI is InChI=1S/C31H29FN6O5S/c1-44(41,42)17-16-33-29(39)24-8-13-27(14-9-24)43-20-35-31-36-28-15-10-25(19-38(28)37-31)22-4-6-23(7-5-22)30(40)34-18-21-2-11-26(32)12-3-21/h2-15,19H,16-18,20H2,1H3,(H,33,39)(H,34,40)(H,35,37). The van der Waals surface area contributed by atoms with Crippen LogP contribution in [0.1, 0.15) is 26.3 Å². The number of hydrogen-bond acceptors (Lipinski definition) is 8. The third kappa shape index (κ3) is 8.16. The molecule has 0 fully saturated rings. The quantitative estimate of drug-likeness (QED) is 0.180. The Labute approximate surface area is 253 Å². The van der Waals surface area contributed by atoms with Crippen LogP contribution >= 0.6 is 0 Å². The van der Waals surface area contributed by atoms with Gasteiger partial charge in [0.2, 0.25) is 5.95 Å². The van der Waals surface area contributed by atoms with Gasteiger partial charge in [-0.2, -0.15) is 4.98 Å². The lowest BCUT2D eigenvalue weighted by molar-refractivity contribution is 0.0945. The van der Waals surface area contributed by atoms with Crippen molar-refractivity contribution in [3.05, 3.63) is 114 Å². The summed E-state index contributed by atoms with van der Waals surface area (Å²) in [7, 11) is -3.15. The third-order valence-electron chi connectivity index (χ3n) is 6.52. The van der Waals surface area contributed by atoms with Gasteiger partial charge in [0.05, 0.1) is 5.75 Å². The molecule has 0 atom stereocenters. The number of anilines is 1. The number of rotatable bonds is 12. The molecule has 2 heterocycles. The lowest BCUT2D eigenvalue weighted by atomic mass is 10.1. The Balaban J connectivity index is 1.12. The van der Waals surface area contributed by atoms with Crippen LogP contribution in [-0.4, -0.2) is 60.1 Å². The van der Waals surface area contributed by atoms with E-state index in [4.69, 9.17) is 4.74 Å². The zero-order chi connectivity index (χ0) is 31.1. The summed E-state index contributed by atoms with van der Waals surface area (Å²) in [5, 5.41) is 12.9. The molecular formula is C31H29FN6O5S. The highest BCUT2D eigenvalue weighted by atomic mass is 32.2. The lowest BCUT2D eigenvalue weighted by Gasteiger charge is -2.08. The number of fused-ring (bicyclic) bond motifs is 1. The number of benzene rings is 3. The molecule has 0 saturated heterocycles. The van der Waals surface area contributed by atoms with Gasteiger partial charge in [-0.15, -0.1) is 5.10 Å². The molecule has 0 spiro atoms. The second kappa shape index (κ2) is 13.3. The van der Waals surface area contributed by atoms with Crippen molar-refractivity contribution < 1.29 is 27.1 Å². The summed E-state index contributed by atoms with van der Waals surface area (Å²) in [6, 6.07) is 23.3. The minimum atomic E-state index is -3.15. The topological polar surface area (TPSA) is 144 Å². The van der Waals surface area contributed by atoms with Crippen LogP contribution in [0.2, 0.25) is 0 Å². The smallest absolute Gasteiger partial charge is 0.251 e. The normalized spacial score (nSPS) is 11.2. The molecule has 0 bridgehead atoms. The molecule has 2 amide bonds. The fourth-order valence-corrected chi connectivity index (χ4v) is 4.64. The molecule has 0 saturated carbocycles. The van der Waals surface area contributed by atoms with Gasteiger partial charge in [0, 0.05) is 42.2 Å². The first kappa shape index (κ1) is 30.2. The van der Waals surface area contributed by atoms with Crippen LogP contribution in [0, 0.1) is 5.82 Å². The average molecular weight is 617 g/mol. The molecule has 5 rings (SSSR count). The van der Waals surface area contributed by atoms with Crippen molar-refractivity contribution in [2.75, 3.05) is 30.6 Å². The molecule has 0 aliphatic heterocycles. The number of amides is 2. The SMILES string of the molecule is CS(=O)(=O)CCNC(=O)c1ccc(OCNc2nc3ccc(-c4ccc(C(=O)NCc5ccc(F)cc5)cc4)cn3n2)cc1. The monoisotopic (exact) mass is 616 g/mol. The number of sulfone groups is 1. The molecular weight excluding hydrogens is 587 g/mol. The largest absolute Gasteiger partial charge is 0.473 e. The molecule has 3 N–H and O–H groups in total. The fraction of sp³-hybridized carbons (Fsp3) is 0.161. The van der Waals surface area contributed by atoms with E-state index in [2.05, 4.69) is 26.0 Å². The van der Waals surface area contributed by atoms with Crippen LogP contribution in [0.25, 0.3) is 16.8 Å². The number of hydrogen-bond donors (Lipinski definition) is 3. The first-order valence-corrected chi connectivity index (χ1v) is 15.6. The van der Waals surface area contributed by atoms with Crippen molar-refractivity contribution in [2.45, 2.75) is 6.54 Å². The van der Waals surface area contributed by atoms with Crippen molar-refractivity contribution >= 4 is 33.2 Å². The highest BCUT2D eigenvalue weighted by Gasteiger charge is 2.10. The van der Waals surface area contributed by atoms with Crippen molar-refractivity contribution in [1.82, 2.24) is 25.2 Å². The Morgan fingerprint density at radius 3 is 2.16 bits per heavy atom. The Morgan fingerprint density at radius 1 is 0.841 bits per heavy atom. The predicted molar refractivity (Wildman–Crippen MR) is 164 cm³/mol. The second-order valence-corrected chi connectivity index (χ2v) is 12.2. The van der Waals surface area contributed by atoms with Crippen molar-refractivity contribution in [3.8, 4) is 16.9 Å². The molecule has 0 unspecified atom stereocenters. The molecule has 226 valence electrons. The number of nitrogens with zero attached hydrogens (tertiary/aromatic N) is 3. The lowest BCUT2D eigenvalue weighted by Crippen LogP contribution is -2.28. The summed E-state index contributed by atoms with van der Waals surface area (Å²) in [6.07, 6.45) is 2.95. The van der Waals surface area contributed by atoms with Gasteiger partial charge in [-0.3, -0.25) is 9.59 Å². The van der Waals surface area contributed by atoms with E-state index in [1.165, 1.54) is 12.1 Å². The molecule has 0 aliphatic carbocycles. The first-order valence-electron chi connectivity index (χ1n) is 13.6. The maximum Gasteiger partial charge on any atom is 0.251 e. The van der Waals surface area contributed by atoms with Gasteiger partial charge in [-0.1, -0.05) is 24.3 Å². The fourth-order valence-electron chi connectivity index (χ4n) is 4.17. The second-order valence-electron chi connectivity index (χ2n) is 9.92. The van der Waals surface area contributed by atoms with Gasteiger partial charge in [0.15, 0.2) is 12.4 Å².